The van der Waals surface area contributed by atoms with Crippen molar-refractivity contribution in [2.45, 2.75) is 20.8 Å². The van der Waals surface area contributed by atoms with Crippen LogP contribution < -0.4 is 0 Å². The lowest BCUT2D eigenvalue weighted by Crippen LogP contribution is -2.40. The molecule has 0 unspecified atom stereocenters. The second-order valence-corrected chi connectivity index (χ2v) is 2.76. The Labute approximate surface area is 82.4 Å². The molecule has 0 aliphatic heterocycles. The van der Waals surface area contributed by atoms with Crippen LogP contribution in [0.4, 0.5) is 0 Å². The molecule has 14 heavy (non-hydrogen) atoms. The molecule has 0 spiro atoms. The van der Waals surface area contributed by atoms with Crippen molar-refractivity contribution in [3.8, 4) is 0 Å². The lowest BCUT2D eigenvalue weighted by molar-refractivity contribution is -0.170. The maximum atomic E-state index is 11.3. The Bertz CT molecular complexity index is 215. The summed E-state index contributed by atoms with van der Waals surface area (Å²) in [5.74, 6) is -1.76. The van der Waals surface area contributed by atoms with E-state index in [9.17, 15) is 14.4 Å². The Morgan fingerprint density at radius 1 is 1.14 bits per heavy atom. The van der Waals surface area contributed by atoms with Gasteiger partial charge in [-0.3, -0.25) is 9.59 Å². The summed E-state index contributed by atoms with van der Waals surface area (Å²) in [6.45, 7) is 4.59. The van der Waals surface area contributed by atoms with E-state index in [1.54, 1.807) is 13.8 Å². The van der Waals surface area contributed by atoms with Crippen LogP contribution in [0.1, 0.15) is 20.8 Å². The lowest BCUT2D eigenvalue weighted by Gasteiger charge is -2.18. The molecule has 5 heteroatoms. The first-order chi connectivity index (χ1) is 6.52. The fourth-order valence-electron chi connectivity index (χ4n) is 0.742. The molecule has 0 aromatic rings. The van der Waals surface area contributed by atoms with Gasteiger partial charge in [0.15, 0.2) is 0 Å². The first kappa shape index (κ1) is 12.6. The Morgan fingerprint density at radius 2 is 1.50 bits per heavy atom. The molecule has 0 atom stereocenters. The van der Waals surface area contributed by atoms with Crippen LogP contribution in [0.5, 0.6) is 0 Å². The van der Waals surface area contributed by atoms with Crippen molar-refractivity contribution in [3.05, 3.63) is 0 Å². The molecule has 80 valence electrons. The van der Waals surface area contributed by atoms with Crippen LogP contribution in [0, 0.1) is 5.41 Å². The Balaban J connectivity index is 4.69. The number of ether oxygens (including phenoxy) is 2. The highest BCUT2D eigenvalue weighted by Gasteiger charge is 2.44. The minimum absolute atomic E-state index is 0.113. The van der Waals surface area contributed by atoms with Gasteiger partial charge in [0.2, 0.25) is 5.41 Å². The maximum absolute atomic E-state index is 11.3. The SMILES string of the molecule is CCOC(=O)C(C)(C=O)C(=O)OCC. The van der Waals surface area contributed by atoms with Gasteiger partial charge in [-0.15, -0.1) is 0 Å². The van der Waals surface area contributed by atoms with E-state index in [4.69, 9.17) is 0 Å². The summed E-state index contributed by atoms with van der Waals surface area (Å²) in [5.41, 5.74) is -1.84. The zero-order valence-corrected chi connectivity index (χ0v) is 8.53. The zero-order valence-electron chi connectivity index (χ0n) is 8.53. The van der Waals surface area contributed by atoms with Crippen molar-refractivity contribution in [2.24, 2.45) is 5.41 Å². The van der Waals surface area contributed by atoms with Crippen LogP contribution in [0.3, 0.4) is 0 Å². The van der Waals surface area contributed by atoms with E-state index < -0.39 is 17.4 Å². The van der Waals surface area contributed by atoms with Gasteiger partial charge in [-0.05, 0) is 20.8 Å². The molecule has 0 bridgehead atoms. The molecule has 0 rings (SSSR count). The second-order valence-electron chi connectivity index (χ2n) is 2.76. The summed E-state index contributed by atoms with van der Waals surface area (Å²) in [6, 6.07) is 0. The van der Waals surface area contributed by atoms with Gasteiger partial charge in [0.05, 0.1) is 13.2 Å². The number of esters is 2. The predicted molar refractivity (Wildman–Crippen MR) is 47.4 cm³/mol. The molecule has 0 saturated carbocycles. The summed E-state index contributed by atoms with van der Waals surface area (Å²) in [4.78, 5) is 33.2. The first-order valence-corrected chi connectivity index (χ1v) is 4.33. The third-order valence-corrected chi connectivity index (χ3v) is 1.63. The molecular weight excluding hydrogens is 188 g/mol. The Kier molecular flexibility index (Phi) is 4.83. The number of aldehydes is 1. The van der Waals surface area contributed by atoms with Crippen LogP contribution in [-0.4, -0.2) is 31.4 Å². The van der Waals surface area contributed by atoms with Crippen molar-refractivity contribution in [3.63, 3.8) is 0 Å². The topological polar surface area (TPSA) is 69.7 Å². The molecular formula is C9H14O5. The third kappa shape index (κ3) is 2.55. The number of carbonyl (C=O) groups is 3. The van der Waals surface area contributed by atoms with Gasteiger partial charge in [0, 0.05) is 0 Å². The van der Waals surface area contributed by atoms with Crippen molar-refractivity contribution < 1.29 is 23.9 Å². The van der Waals surface area contributed by atoms with Crippen LogP contribution in [0.2, 0.25) is 0 Å². The highest BCUT2D eigenvalue weighted by molar-refractivity contribution is 6.12. The van der Waals surface area contributed by atoms with E-state index in [1.165, 1.54) is 6.92 Å². The standard InChI is InChI=1S/C9H14O5/c1-4-13-7(11)9(3,6-10)8(12)14-5-2/h6H,4-5H2,1-3H3. The van der Waals surface area contributed by atoms with Crippen LogP contribution in [0.15, 0.2) is 0 Å². The lowest BCUT2D eigenvalue weighted by atomic mass is 9.93. The molecule has 0 radical (unpaired) electrons. The average molecular weight is 202 g/mol. The number of hydrogen-bond acceptors (Lipinski definition) is 5. The minimum Gasteiger partial charge on any atom is -0.465 e. The fraction of sp³-hybridized carbons (Fsp3) is 0.667. The number of carbonyl (C=O) groups excluding carboxylic acids is 3. The van der Waals surface area contributed by atoms with E-state index in [0.29, 0.717) is 0 Å². The number of rotatable bonds is 5. The summed E-state index contributed by atoms with van der Waals surface area (Å²) in [7, 11) is 0. The smallest absolute Gasteiger partial charge is 0.330 e. The van der Waals surface area contributed by atoms with E-state index in [-0.39, 0.29) is 19.5 Å². The van der Waals surface area contributed by atoms with E-state index in [2.05, 4.69) is 9.47 Å². The molecule has 0 aromatic carbocycles. The highest BCUT2D eigenvalue weighted by atomic mass is 16.6. The zero-order chi connectivity index (χ0) is 11.2. The van der Waals surface area contributed by atoms with E-state index in [1.807, 2.05) is 0 Å². The Morgan fingerprint density at radius 3 is 1.71 bits per heavy atom. The summed E-state index contributed by atoms with van der Waals surface area (Å²) in [5, 5.41) is 0. The number of hydrogen-bond donors (Lipinski definition) is 0. The normalized spacial score (nSPS) is 10.5. The summed E-state index contributed by atoms with van der Waals surface area (Å²) < 4.78 is 9.19. The Hall–Kier alpha value is -1.39. The molecule has 5 nitrogen and oxygen atoms in total. The van der Waals surface area contributed by atoms with Crippen LogP contribution in [0.25, 0.3) is 0 Å². The van der Waals surface area contributed by atoms with Crippen molar-refractivity contribution in [2.75, 3.05) is 13.2 Å². The molecule has 0 saturated heterocycles. The van der Waals surface area contributed by atoms with Gasteiger partial charge in [0.1, 0.15) is 6.29 Å². The second kappa shape index (κ2) is 5.36. The molecule has 0 aromatic heterocycles. The molecule has 0 amide bonds. The van der Waals surface area contributed by atoms with Gasteiger partial charge in [-0.25, -0.2) is 0 Å². The van der Waals surface area contributed by atoms with E-state index >= 15 is 0 Å². The van der Waals surface area contributed by atoms with Gasteiger partial charge >= 0.3 is 11.9 Å². The molecule has 0 aliphatic rings. The fourth-order valence-corrected chi connectivity index (χ4v) is 0.742. The highest BCUT2D eigenvalue weighted by Crippen LogP contribution is 2.17. The van der Waals surface area contributed by atoms with Gasteiger partial charge < -0.3 is 14.3 Å². The molecule has 0 fully saturated rings. The van der Waals surface area contributed by atoms with Crippen molar-refractivity contribution >= 4 is 18.2 Å². The summed E-state index contributed by atoms with van der Waals surface area (Å²) in [6.07, 6.45) is 0.239. The van der Waals surface area contributed by atoms with Crippen molar-refractivity contribution in [1.29, 1.82) is 0 Å². The third-order valence-electron chi connectivity index (χ3n) is 1.63. The van der Waals surface area contributed by atoms with Gasteiger partial charge in [0.25, 0.3) is 0 Å². The molecule has 0 aliphatic carbocycles. The minimum atomic E-state index is -1.84. The van der Waals surface area contributed by atoms with Gasteiger partial charge in [-0.1, -0.05) is 0 Å². The molecule has 0 N–H and O–H groups in total. The average Bonchev–Trinajstić information content (AvgIpc) is 2.17. The maximum Gasteiger partial charge on any atom is 0.330 e. The van der Waals surface area contributed by atoms with Gasteiger partial charge in [-0.2, -0.15) is 0 Å². The predicted octanol–water partition coefficient (Wildman–Crippen LogP) is 0.318. The monoisotopic (exact) mass is 202 g/mol. The first-order valence-electron chi connectivity index (χ1n) is 4.33. The van der Waals surface area contributed by atoms with Crippen LogP contribution >= 0.6 is 0 Å². The summed E-state index contributed by atoms with van der Waals surface area (Å²) >= 11 is 0. The largest absolute Gasteiger partial charge is 0.465 e. The van der Waals surface area contributed by atoms with Crippen LogP contribution in [-0.2, 0) is 23.9 Å². The molecule has 0 heterocycles. The van der Waals surface area contributed by atoms with E-state index in [0.717, 1.165) is 0 Å². The van der Waals surface area contributed by atoms with Crippen molar-refractivity contribution in [1.82, 2.24) is 0 Å². The quantitative estimate of drug-likeness (QED) is 0.364.